The number of nitrogens with zero attached hydrogens (tertiary/aromatic N) is 3. The molecule has 1 aliphatic rings. The van der Waals surface area contributed by atoms with Gasteiger partial charge in [0, 0.05) is 13.1 Å². The summed E-state index contributed by atoms with van der Waals surface area (Å²) in [5, 5.41) is 16.1. The number of hydrogen-bond acceptors (Lipinski definition) is 6. The molecule has 0 radical (unpaired) electrons. The Morgan fingerprint density at radius 2 is 2.17 bits per heavy atom. The van der Waals surface area contributed by atoms with Crippen molar-refractivity contribution in [2.45, 2.75) is 12.5 Å². The Morgan fingerprint density at radius 1 is 1.44 bits per heavy atom. The van der Waals surface area contributed by atoms with Crippen molar-refractivity contribution in [2.75, 3.05) is 23.5 Å². The molecule has 7 nitrogen and oxygen atoms in total. The highest BCUT2D eigenvalue weighted by Gasteiger charge is 2.31. The lowest BCUT2D eigenvalue weighted by Gasteiger charge is -2.23. The molecule has 1 N–H and O–H groups in total. The molecule has 1 fully saturated rings. The highest BCUT2D eigenvalue weighted by molar-refractivity contribution is 7.91. The number of carboxylic acids is 1. The third kappa shape index (κ3) is 2.58. The molecule has 1 saturated heterocycles. The summed E-state index contributed by atoms with van der Waals surface area (Å²) in [5.41, 5.74) is -0.133. The first-order valence-electron chi connectivity index (χ1n) is 5.39. The van der Waals surface area contributed by atoms with E-state index < -0.39 is 15.8 Å². The van der Waals surface area contributed by atoms with Gasteiger partial charge in [-0.05, 0) is 18.6 Å². The highest BCUT2D eigenvalue weighted by Crippen LogP contribution is 2.20. The van der Waals surface area contributed by atoms with Gasteiger partial charge < -0.3 is 10.0 Å². The van der Waals surface area contributed by atoms with E-state index in [1.165, 1.54) is 12.1 Å². The lowest BCUT2D eigenvalue weighted by Crippen LogP contribution is -2.33. The van der Waals surface area contributed by atoms with Gasteiger partial charge in [-0.3, -0.25) is 0 Å². The molecular formula is C10H13N3O4S. The summed E-state index contributed by atoms with van der Waals surface area (Å²) in [6.45, 7) is 0. The van der Waals surface area contributed by atoms with Gasteiger partial charge in [0.2, 0.25) is 0 Å². The molecule has 0 saturated carbocycles. The van der Waals surface area contributed by atoms with Crippen LogP contribution < -0.4 is 4.90 Å². The van der Waals surface area contributed by atoms with E-state index in [9.17, 15) is 13.2 Å². The number of hydrogen-bond donors (Lipinski definition) is 1. The van der Waals surface area contributed by atoms with Gasteiger partial charge in [-0.15, -0.1) is 10.2 Å². The lowest BCUT2D eigenvalue weighted by molar-refractivity contribution is 0.0689. The molecule has 1 aliphatic heterocycles. The lowest BCUT2D eigenvalue weighted by atomic mass is 10.2. The summed E-state index contributed by atoms with van der Waals surface area (Å²) in [6, 6.07) is 2.76. The van der Waals surface area contributed by atoms with Crippen LogP contribution in [-0.4, -0.2) is 54.3 Å². The van der Waals surface area contributed by atoms with E-state index in [-0.39, 0.29) is 23.2 Å². The van der Waals surface area contributed by atoms with Crippen molar-refractivity contribution in [2.24, 2.45) is 0 Å². The normalized spacial score (nSPS) is 21.7. The number of sulfone groups is 1. The summed E-state index contributed by atoms with van der Waals surface area (Å²) in [4.78, 5) is 12.4. The van der Waals surface area contributed by atoms with Gasteiger partial charge in [0.05, 0.1) is 11.5 Å². The molecule has 8 heteroatoms. The van der Waals surface area contributed by atoms with Crippen LogP contribution in [0.25, 0.3) is 0 Å². The molecule has 1 aromatic heterocycles. The maximum absolute atomic E-state index is 11.4. The van der Waals surface area contributed by atoms with Crippen molar-refractivity contribution >= 4 is 21.6 Å². The first-order chi connectivity index (χ1) is 8.39. The zero-order valence-corrected chi connectivity index (χ0v) is 10.6. The van der Waals surface area contributed by atoms with Gasteiger partial charge in [-0.2, -0.15) is 0 Å². The summed E-state index contributed by atoms with van der Waals surface area (Å²) in [5.74, 6) is -0.378. The van der Waals surface area contributed by atoms with Crippen LogP contribution in [0.2, 0.25) is 0 Å². The molecule has 0 bridgehead atoms. The molecule has 18 heavy (non-hydrogen) atoms. The van der Waals surface area contributed by atoms with Crippen molar-refractivity contribution in [3.05, 3.63) is 17.8 Å². The van der Waals surface area contributed by atoms with E-state index >= 15 is 0 Å². The summed E-state index contributed by atoms with van der Waals surface area (Å²) in [7, 11) is -1.22. The second kappa shape index (κ2) is 4.52. The Balaban J connectivity index is 2.14. The molecular weight excluding hydrogens is 258 g/mol. The topological polar surface area (TPSA) is 100 Å². The van der Waals surface area contributed by atoms with Gasteiger partial charge in [0.1, 0.15) is 0 Å². The standard InChI is InChI=1S/C10H13N3O4S/c1-13(7-4-5-18(16,17)6-7)9-3-2-8(10(14)15)11-12-9/h2-3,7H,4-6H2,1H3,(H,14,15). The van der Waals surface area contributed by atoms with Crippen molar-refractivity contribution in [3.63, 3.8) is 0 Å². The average Bonchev–Trinajstić information content (AvgIpc) is 2.69. The van der Waals surface area contributed by atoms with Crippen molar-refractivity contribution in [1.29, 1.82) is 0 Å². The fourth-order valence-electron chi connectivity index (χ4n) is 1.90. The average molecular weight is 271 g/mol. The van der Waals surface area contributed by atoms with Crippen molar-refractivity contribution in [1.82, 2.24) is 10.2 Å². The van der Waals surface area contributed by atoms with Crippen LogP contribution in [0.1, 0.15) is 16.9 Å². The third-order valence-corrected chi connectivity index (χ3v) is 4.74. The first kappa shape index (κ1) is 12.7. The van der Waals surface area contributed by atoms with Gasteiger partial charge in [0.15, 0.2) is 21.3 Å². The van der Waals surface area contributed by atoms with Crippen LogP contribution in [0, 0.1) is 0 Å². The Bertz CT molecular complexity index is 555. The largest absolute Gasteiger partial charge is 0.476 e. The summed E-state index contributed by atoms with van der Waals surface area (Å²) in [6.07, 6.45) is 0.557. The maximum Gasteiger partial charge on any atom is 0.356 e. The molecule has 0 amide bonds. The monoisotopic (exact) mass is 271 g/mol. The molecule has 0 aromatic carbocycles. The molecule has 1 aromatic rings. The molecule has 2 heterocycles. The van der Waals surface area contributed by atoms with Crippen LogP contribution in [0.15, 0.2) is 12.1 Å². The predicted molar refractivity (Wildman–Crippen MR) is 64.5 cm³/mol. The van der Waals surface area contributed by atoms with Crippen LogP contribution >= 0.6 is 0 Å². The fourth-order valence-corrected chi connectivity index (χ4v) is 3.67. The first-order valence-corrected chi connectivity index (χ1v) is 7.21. The van der Waals surface area contributed by atoms with Crippen molar-refractivity contribution in [3.8, 4) is 0 Å². The third-order valence-electron chi connectivity index (χ3n) is 2.99. The van der Waals surface area contributed by atoms with E-state index in [1.54, 1.807) is 11.9 Å². The Kier molecular flexibility index (Phi) is 3.20. The van der Waals surface area contributed by atoms with E-state index in [1.807, 2.05) is 0 Å². The van der Waals surface area contributed by atoms with Crippen LogP contribution in [0.3, 0.4) is 0 Å². The number of rotatable bonds is 3. The SMILES string of the molecule is CN(c1ccc(C(=O)O)nn1)C1CCS(=O)(=O)C1. The van der Waals surface area contributed by atoms with Gasteiger partial charge >= 0.3 is 5.97 Å². The number of carboxylic acid groups (broad SMARTS) is 1. The quantitative estimate of drug-likeness (QED) is 0.812. The molecule has 1 unspecified atom stereocenters. The van der Waals surface area contributed by atoms with Gasteiger partial charge in [-0.25, -0.2) is 13.2 Å². The van der Waals surface area contributed by atoms with E-state index in [0.29, 0.717) is 12.2 Å². The van der Waals surface area contributed by atoms with E-state index in [0.717, 1.165) is 0 Å². The minimum atomic E-state index is -2.95. The maximum atomic E-state index is 11.4. The van der Waals surface area contributed by atoms with Crippen LogP contribution in [0.4, 0.5) is 5.82 Å². The number of aromatic carboxylic acids is 1. The number of anilines is 1. The highest BCUT2D eigenvalue weighted by atomic mass is 32.2. The predicted octanol–water partition coefficient (Wildman–Crippen LogP) is -0.202. The van der Waals surface area contributed by atoms with E-state index in [2.05, 4.69) is 10.2 Å². The van der Waals surface area contributed by atoms with Crippen LogP contribution in [-0.2, 0) is 9.84 Å². The smallest absolute Gasteiger partial charge is 0.356 e. The zero-order chi connectivity index (χ0) is 13.3. The summed E-state index contributed by atoms with van der Waals surface area (Å²) >= 11 is 0. The molecule has 1 atom stereocenters. The Labute approximate surface area is 104 Å². The second-order valence-electron chi connectivity index (χ2n) is 4.25. The number of aromatic nitrogens is 2. The minimum Gasteiger partial charge on any atom is -0.476 e. The molecule has 0 aliphatic carbocycles. The zero-order valence-electron chi connectivity index (χ0n) is 9.78. The van der Waals surface area contributed by atoms with E-state index in [4.69, 9.17) is 5.11 Å². The van der Waals surface area contributed by atoms with Gasteiger partial charge in [-0.1, -0.05) is 0 Å². The molecule has 98 valence electrons. The summed E-state index contributed by atoms with van der Waals surface area (Å²) < 4.78 is 22.8. The van der Waals surface area contributed by atoms with Crippen molar-refractivity contribution < 1.29 is 18.3 Å². The number of carbonyl (C=O) groups is 1. The fraction of sp³-hybridized carbons (Fsp3) is 0.500. The van der Waals surface area contributed by atoms with Gasteiger partial charge in [0.25, 0.3) is 0 Å². The molecule has 0 spiro atoms. The second-order valence-corrected chi connectivity index (χ2v) is 6.48. The Morgan fingerprint density at radius 3 is 2.61 bits per heavy atom. The Hall–Kier alpha value is -1.70. The van der Waals surface area contributed by atoms with Crippen LogP contribution in [0.5, 0.6) is 0 Å². The minimum absolute atomic E-state index is 0.103. The molecule has 2 rings (SSSR count).